The molecule has 0 saturated heterocycles. The van der Waals surface area contributed by atoms with Gasteiger partial charge in [-0.1, -0.05) is 34.1 Å². The van der Waals surface area contributed by atoms with Gasteiger partial charge >= 0.3 is 0 Å². The van der Waals surface area contributed by atoms with Gasteiger partial charge < -0.3 is 0 Å². The summed E-state index contributed by atoms with van der Waals surface area (Å²) in [4.78, 5) is 0. The average Bonchev–Trinajstić information content (AvgIpc) is 1.94. The molecule has 0 amide bonds. The van der Waals surface area contributed by atoms with E-state index in [9.17, 15) is 0 Å². The highest BCUT2D eigenvalue weighted by Gasteiger charge is 2.00. The Balaban J connectivity index is 3.23. The van der Waals surface area contributed by atoms with Gasteiger partial charge in [0.1, 0.15) is 0 Å². The molecule has 0 unspecified atom stereocenters. The molecule has 0 saturated carbocycles. The van der Waals surface area contributed by atoms with Crippen molar-refractivity contribution >= 4 is 33.1 Å². The molecule has 0 fully saturated rings. The van der Waals surface area contributed by atoms with Crippen LogP contribution < -0.4 is 0 Å². The molecule has 0 nitrogen and oxygen atoms in total. The smallest absolute Gasteiger partial charge is 0.0481 e. The average molecular weight is 232 g/mol. The van der Waals surface area contributed by atoms with E-state index in [0.717, 1.165) is 20.6 Å². The maximum atomic E-state index is 5.91. The molecule has 11 heavy (non-hydrogen) atoms. The summed E-state index contributed by atoms with van der Waals surface area (Å²) in [5.74, 6) is 0. The molecule has 2 heteroatoms. The highest BCUT2D eigenvalue weighted by Crippen LogP contribution is 2.25. The normalized spacial score (nSPS) is 9.73. The van der Waals surface area contributed by atoms with Crippen LogP contribution in [0.1, 0.15) is 12.5 Å². The van der Waals surface area contributed by atoms with Crippen molar-refractivity contribution in [1.82, 2.24) is 0 Å². The van der Waals surface area contributed by atoms with Crippen molar-refractivity contribution in [3.63, 3.8) is 0 Å². The number of benzene rings is 1. The quantitative estimate of drug-likeness (QED) is 0.681. The van der Waals surface area contributed by atoms with E-state index < -0.39 is 0 Å². The van der Waals surface area contributed by atoms with Crippen LogP contribution in [0.25, 0.3) is 5.57 Å². The first-order valence-electron chi connectivity index (χ1n) is 3.22. The first-order valence-corrected chi connectivity index (χ1v) is 4.39. The molecule has 1 rings (SSSR count). The maximum Gasteiger partial charge on any atom is 0.0481 e. The van der Waals surface area contributed by atoms with Crippen LogP contribution in [-0.2, 0) is 0 Å². The minimum Gasteiger partial charge on any atom is -0.0955 e. The molecule has 0 radical (unpaired) electrons. The number of hydrogen-bond acceptors (Lipinski definition) is 0. The lowest BCUT2D eigenvalue weighted by Gasteiger charge is -2.02. The monoisotopic (exact) mass is 230 g/mol. The molecule has 1 aromatic rings. The van der Waals surface area contributed by atoms with Gasteiger partial charge in [-0.05, 0) is 36.3 Å². The summed E-state index contributed by atoms with van der Waals surface area (Å²) >= 11 is 9.27. The fourth-order valence-electron chi connectivity index (χ4n) is 0.825. The molecule has 1 aromatic carbocycles. The third kappa shape index (κ3) is 2.08. The SMILES string of the molecule is C=C(C)c1cc(Br)ccc1Cl. The van der Waals surface area contributed by atoms with Crippen LogP contribution in [0.4, 0.5) is 0 Å². The third-order valence-corrected chi connectivity index (χ3v) is 2.21. The Morgan fingerprint density at radius 1 is 1.55 bits per heavy atom. The van der Waals surface area contributed by atoms with E-state index >= 15 is 0 Å². The van der Waals surface area contributed by atoms with Crippen LogP contribution in [0.2, 0.25) is 5.02 Å². The number of halogens is 2. The van der Waals surface area contributed by atoms with Crippen LogP contribution in [0.3, 0.4) is 0 Å². The molecule has 0 bridgehead atoms. The fourth-order valence-corrected chi connectivity index (χ4v) is 1.46. The van der Waals surface area contributed by atoms with Gasteiger partial charge in [-0.2, -0.15) is 0 Å². The van der Waals surface area contributed by atoms with E-state index in [0.29, 0.717) is 0 Å². The first kappa shape index (κ1) is 8.82. The highest BCUT2D eigenvalue weighted by atomic mass is 79.9. The van der Waals surface area contributed by atoms with Crippen molar-refractivity contribution in [2.24, 2.45) is 0 Å². The second-order valence-electron chi connectivity index (χ2n) is 2.40. The van der Waals surface area contributed by atoms with Crippen LogP contribution >= 0.6 is 27.5 Å². The Morgan fingerprint density at radius 3 is 2.64 bits per heavy atom. The van der Waals surface area contributed by atoms with Gasteiger partial charge in [-0.15, -0.1) is 0 Å². The molecule has 0 atom stereocenters. The van der Waals surface area contributed by atoms with Gasteiger partial charge in [0.15, 0.2) is 0 Å². The van der Waals surface area contributed by atoms with Gasteiger partial charge in [0, 0.05) is 9.50 Å². The van der Waals surface area contributed by atoms with Crippen molar-refractivity contribution in [3.8, 4) is 0 Å². The molecule has 0 spiro atoms. The summed E-state index contributed by atoms with van der Waals surface area (Å²) in [6.07, 6.45) is 0. The number of allylic oxidation sites excluding steroid dienone is 1. The predicted octanol–water partition coefficient (Wildman–Crippen LogP) is 4.14. The summed E-state index contributed by atoms with van der Waals surface area (Å²) in [7, 11) is 0. The Bertz CT molecular complexity index is 292. The van der Waals surface area contributed by atoms with E-state index in [1.54, 1.807) is 0 Å². The summed E-state index contributed by atoms with van der Waals surface area (Å²) in [6, 6.07) is 5.73. The minimum absolute atomic E-state index is 0.751. The topological polar surface area (TPSA) is 0 Å². The Morgan fingerprint density at radius 2 is 2.18 bits per heavy atom. The largest absolute Gasteiger partial charge is 0.0955 e. The van der Waals surface area contributed by atoms with E-state index in [1.165, 1.54) is 0 Å². The summed E-state index contributed by atoms with van der Waals surface area (Å²) in [5.41, 5.74) is 1.98. The molecule has 58 valence electrons. The zero-order valence-electron chi connectivity index (χ0n) is 6.20. The van der Waals surface area contributed by atoms with E-state index in [2.05, 4.69) is 22.5 Å². The molecule has 0 aromatic heterocycles. The highest BCUT2D eigenvalue weighted by molar-refractivity contribution is 9.10. The zero-order chi connectivity index (χ0) is 8.43. The van der Waals surface area contributed by atoms with Crippen molar-refractivity contribution in [1.29, 1.82) is 0 Å². The van der Waals surface area contributed by atoms with Gasteiger partial charge in [0.2, 0.25) is 0 Å². The third-order valence-electron chi connectivity index (χ3n) is 1.39. The summed E-state index contributed by atoms with van der Waals surface area (Å²) in [5, 5.41) is 0.751. The molecular weight excluding hydrogens is 223 g/mol. The maximum absolute atomic E-state index is 5.91. The lowest BCUT2D eigenvalue weighted by Crippen LogP contribution is -1.79. The van der Waals surface area contributed by atoms with Gasteiger partial charge in [0.25, 0.3) is 0 Å². The Hall–Kier alpha value is -0.270. The molecule has 0 aliphatic carbocycles. The van der Waals surface area contributed by atoms with Gasteiger partial charge in [-0.3, -0.25) is 0 Å². The number of rotatable bonds is 1. The van der Waals surface area contributed by atoms with E-state index in [-0.39, 0.29) is 0 Å². The van der Waals surface area contributed by atoms with Crippen molar-refractivity contribution < 1.29 is 0 Å². The molecule has 0 N–H and O–H groups in total. The lowest BCUT2D eigenvalue weighted by atomic mass is 10.1. The molecule has 0 aliphatic rings. The molecule has 0 heterocycles. The Kier molecular flexibility index (Phi) is 2.74. The van der Waals surface area contributed by atoms with Crippen molar-refractivity contribution in [2.75, 3.05) is 0 Å². The van der Waals surface area contributed by atoms with Crippen LogP contribution in [0.15, 0.2) is 29.3 Å². The first-order chi connectivity index (χ1) is 5.11. The predicted molar refractivity (Wildman–Crippen MR) is 53.9 cm³/mol. The van der Waals surface area contributed by atoms with E-state index in [1.807, 2.05) is 25.1 Å². The standard InChI is InChI=1S/C9H8BrCl/c1-6(2)8-5-7(10)3-4-9(8)11/h3-5H,1H2,2H3. The molecule has 0 aliphatic heterocycles. The van der Waals surface area contributed by atoms with Crippen LogP contribution in [0, 0.1) is 0 Å². The Labute approximate surface area is 80.0 Å². The fraction of sp³-hybridized carbons (Fsp3) is 0.111. The van der Waals surface area contributed by atoms with Crippen LogP contribution in [0.5, 0.6) is 0 Å². The zero-order valence-corrected chi connectivity index (χ0v) is 8.54. The van der Waals surface area contributed by atoms with Crippen molar-refractivity contribution in [3.05, 3.63) is 39.8 Å². The summed E-state index contributed by atoms with van der Waals surface area (Å²) < 4.78 is 1.03. The van der Waals surface area contributed by atoms with Crippen LogP contribution in [-0.4, -0.2) is 0 Å². The van der Waals surface area contributed by atoms with E-state index in [4.69, 9.17) is 11.6 Å². The number of hydrogen-bond donors (Lipinski definition) is 0. The minimum atomic E-state index is 0.751. The second kappa shape index (κ2) is 3.42. The summed E-state index contributed by atoms with van der Waals surface area (Å²) in [6.45, 7) is 5.76. The van der Waals surface area contributed by atoms with Crippen molar-refractivity contribution in [2.45, 2.75) is 6.92 Å². The second-order valence-corrected chi connectivity index (χ2v) is 3.73. The van der Waals surface area contributed by atoms with Gasteiger partial charge in [0.05, 0.1) is 0 Å². The van der Waals surface area contributed by atoms with Gasteiger partial charge in [-0.25, -0.2) is 0 Å². The molecular formula is C9H8BrCl. The lowest BCUT2D eigenvalue weighted by molar-refractivity contribution is 1.55.